The first-order valence-corrected chi connectivity index (χ1v) is 3.44. The van der Waals surface area contributed by atoms with Gasteiger partial charge in [0.1, 0.15) is 11.7 Å². The van der Waals surface area contributed by atoms with Crippen molar-refractivity contribution in [1.82, 2.24) is 0 Å². The minimum atomic E-state index is -0.477. The number of fused-ring (bicyclic) bond motifs is 1. The summed E-state index contributed by atoms with van der Waals surface area (Å²) in [5.41, 5.74) is 0. The number of nitrogens with zero attached hydrogens (tertiary/aromatic N) is 1. The van der Waals surface area contributed by atoms with Gasteiger partial charge in [-0.15, -0.1) is 0 Å². The summed E-state index contributed by atoms with van der Waals surface area (Å²) < 4.78 is 5.03. The molecule has 60 valence electrons. The first-order chi connectivity index (χ1) is 5.81. The number of allylic oxidation sites excluding steroid dienone is 2. The van der Waals surface area contributed by atoms with Gasteiger partial charge in [-0.05, 0) is 12.2 Å². The molecule has 2 aliphatic rings. The topological polar surface area (TPSA) is 55.7 Å². The van der Waals surface area contributed by atoms with Crippen LogP contribution in [0.2, 0.25) is 0 Å². The first-order valence-electron chi connectivity index (χ1n) is 3.44. The van der Waals surface area contributed by atoms with Gasteiger partial charge in [0.05, 0.1) is 0 Å². The second kappa shape index (κ2) is 2.41. The van der Waals surface area contributed by atoms with E-state index in [-0.39, 0.29) is 11.7 Å². The third kappa shape index (κ3) is 0.887. The van der Waals surface area contributed by atoms with E-state index >= 15 is 0 Å². The fourth-order valence-corrected chi connectivity index (χ4v) is 1.14. The number of aldehydes is 1. The van der Waals surface area contributed by atoms with Gasteiger partial charge in [0.25, 0.3) is 5.91 Å². The van der Waals surface area contributed by atoms with Crippen molar-refractivity contribution < 1.29 is 14.3 Å². The Hall–Kier alpha value is -1.71. The number of rotatable bonds is 1. The van der Waals surface area contributed by atoms with Crippen LogP contribution in [0.15, 0.2) is 28.7 Å². The Kier molecular flexibility index (Phi) is 1.40. The Morgan fingerprint density at radius 3 is 3.08 bits per heavy atom. The molecule has 0 aromatic carbocycles. The van der Waals surface area contributed by atoms with Gasteiger partial charge in [0.2, 0.25) is 0 Å². The molecular formula is C8H5NO3. The van der Waals surface area contributed by atoms with Gasteiger partial charge in [-0.25, -0.2) is 4.99 Å². The van der Waals surface area contributed by atoms with E-state index in [1.165, 1.54) is 12.3 Å². The summed E-state index contributed by atoms with van der Waals surface area (Å²) in [7, 11) is 0. The zero-order valence-electron chi connectivity index (χ0n) is 6.06. The van der Waals surface area contributed by atoms with Gasteiger partial charge >= 0.3 is 0 Å². The lowest BCUT2D eigenvalue weighted by Gasteiger charge is -2.07. The summed E-state index contributed by atoms with van der Waals surface area (Å²) in [5.74, 6) is -0.0956. The lowest BCUT2D eigenvalue weighted by molar-refractivity contribution is -0.119. The quantitative estimate of drug-likeness (QED) is 0.519. The lowest BCUT2D eigenvalue weighted by atomic mass is 10.1. The number of carbonyl (C=O) groups excluding carboxylic acids is 2. The maximum absolute atomic E-state index is 11.1. The minimum Gasteiger partial charge on any atom is -0.457 e. The summed E-state index contributed by atoms with van der Waals surface area (Å²) in [6, 6.07) is 0. The van der Waals surface area contributed by atoms with Crippen molar-refractivity contribution in [1.29, 1.82) is 0 Å². The largest absolute Gasteiger partial charge is 0.457 e. The predicted molar refractivity (Wildman–Crippen MR) is 40.3 cm³/mol. The van der Waals surface area contributed by atoms with E-state index in [4.69, 9.17) is 4.74 Å². The normalized spacial score (nSPS) is 25.7. The molecule has 12 heavy (non-hydrogen) atoms. The molecule has 0 saturated heterocycles. The molecule has 0 aliphatic carbocycles. The molecule has 4 nitrogen and oxygen atoms in total. The molecule has 1 amide bonds. The van der Waals surface area contributed by atoms with Gasteiger partial charge in [0, 0.05) is 6.21 Å². The van der Waals surface area contributed by atoms with E-state index in [2.05, 4.69) is 4.99 Å². The lowest BCUT2D eigenvalue weighted by Crippen LogP contribution is -2.13. The van der Waals surface area contributed by atoms with Gasteiger partial charge in [0.15, 0.2) is 12.0 Å². The molecule has 0 aromatic heterocycles. The van der Waals surface area contributed by atoms with Crippen LogP contribution in [0.5, 0.6) is 0 Å². The van der Waals surface area contributed by atoms with Gasteiger partial charge in [-0.1, -0.05) is 0 Å². The molecule has 1 atom stereocenters. The Labute approximate surface area is 68.2 Å². The fourth-order valence-electron chi connectivity index (χ4n) is 1.14. The van der Waals surface area contributed by atoms with E-state index in [9.17, 15) is 9.59 Å². The van der Waals surface area contributed by atoms with Crippen molar-refractivity contribution in [3.8, 4) is 0 Å². The van der Waals surface area contributed by atoms with Crippen LogP contribution < -0.4 is 0 Å². The Balaban J connectivity index is 2.36. The highest BCUT2D eigenvalue weighted by Gasteiger charge is 2.30. The molecule has 2 heterocycles. The molecule has 0 N–H and O–H groups in total. The average molecular weight is 163 g/mol. The minimum absolute atomic E-state index is 0.185. The van der Waals surface area contributed by atoms with Crippen molar-refractivity contribution >= 4 is 18.4 Å². The zero-order valence-corrected chi connectivity index (χ0v) is 6.06. The molecule has 1 unspecified atom stereocenters. The van der Waals surface area contributed by atoms with E-state index in [0.29, 0.717) is 12.0 Å². The zero-order chi connectivity index (χ0) is 8.55. The van der Waals surface area contributed by atoms with Crippen molar-refractivity contribution in [2.24, 2.45) is 10.9 Å². The molecule has 2 rings (SSSR count). The van der Waals surface area contributed by atoms with Crippen LogP contribution in [0.3, 0.4) is 0 Å². The van der Waals surface area contributed by atoms with E-state index in [1.807, 2.05) is 0 Å². The third-order valence-electron chi connectivity index (χ3n) is 1.70. The van der Waals surface area contributed by atoms with Gasteiger partial charge < -0.3 is 4.74 Å². The first kappa shape index (κ1) is 6.97. The molecule has 4 heteroatoms. The third-order valence-corrected chi connectivity index (χ3v) is 1.70. The number of amides is 1. The highest BCUT2D eigenvalue weighted by molar-refractivity contribution is 5.97. The van der Waals surface area contributed by atoms with Crippen LogP contribution in [0, 0.1) is 5.92 Å². The Morgan fingerprint density at radius 1 is 1.58 bits per heavy atom. The van der Waals surface area contributed by atoms with Crippen molar-refractivity contribution in [3.63, 3.8) is 0 Å². The highest BCUT2D eigenvalue weighted by atomic mass is 16.5. The van der Waals surface area contributed by atoms with E-state index in [1.54, 1.807) is 6.08 Å². The molecular weight excluding hydrogens is 158 g/mol. The molecule has 2 aliphatic heterocycles. The van der Waals surface area contributed by atoms with E-state index < -0.39 is 5.92 Å². The summed E-state index contributed by atoms with van der Waals surface area (Å²) >= 11 is 0. The van der Waals surface area contributed by atoms with Crippen LogP contribution in [0.4, 0.5) is 0 Å². The SMILES string of the molecule is O=CC1=CC2C(=O)N=CC=C2O1. The number of hydrogen-bond donors (Lipinski definition) is 0. The summed E-state index contributed by atoms with van der Waals surface area (Å²) in [6.45, 7) is 0. The number of dihydropyridines is 1. The molecule has 0 bridgehead atoms. The molecule has 0 aromatic rings. The number of carbonyl (C=O) groups is 2. The van der Waals surface area contributed by atoms with Crippen LogP contribution in [0.1, 0.15) is 0 Å². The number of hydrogen-bond acceptors (Lipinski definition) is 3. The molecule has 0 spiro atoms. The second-order valence-corrected chi connectivity index (χ2v) is 2.45. The fraction of sp³-hybridized carbons (Fsp3) is 0.125. The van der Waals surface area contributed by atoms with Crippen LogP contribution >= 0.6 is 0 Å². The van der Waals surface area contributed by atoms with Crippen LogP contribution in [0.25, 0.3) is 0 Å². The average Bonchev–Trinajstić information content (AvgIpc) is 2.49. The Bertz CT molecular complexity index is 338. The molecule has 0 fully saturated rings. The number of ether oxygens (including phenoxy) is 1. The van der Waals surface area contributed by atoms with Gasteiger partial charge in [-0.2, -0.15) is 0 Å². The highest BCUT2D eigenvalue weighted by Crippen LogP contribution is 2.28. The molecule has 0 radical (unpaired) electrons. The van der Waals surface area contributed by atoms with E-state index in [0.717, 1.165) is 0 Å². The standard InChI is InChI=1S/C8H5NO3/c10-4-5-3-6-7(12-5)1-2-9-8(6)11/h1-4,6H. The smallest absolute Gasteiger partial charge is 0.260 e. The van der Waals surface area contributed by atoms with Crippen molar-refractivity contribution in [2.75, 3.05) is 0 Å². The molecule has 0 saturated carbocycles. The second-order valence-electron chi connectivity index (χ2n) is 2.45. The summed E-state index contributed by atoms with van der Waals surface area (Å²) in [6.07, 6.45) is 5.00. The Morgan fingerprint density at radius 2 is 2.42 bits per heavy atom. The van der Waals surface area contributed by atoms with Crippen molar-refractivity contribution in [3.05, 3.63) is 23.7 Å². The number of aliphatic imine (C=N–C) groups is 1. The predicted octanol–water partition coefficient (Wildman–Crippen LogP) is 0.210. The maximum Gasteiger partial charge on any atom is 0.260 e. The van der Waals surface area contributed by atoms with Crippen LogP contribution in [-0.2, 0) is 14.3 Å². The van der Waals surface area contributed by atoms with Gasteiger partial charge in [-0.3, -0.25) is 9.59 Å². The van der Waals surface area contributed by atoms with Crippen LogP contribution in [-0.4, -0.2) is 18.4 Å². The van der Waals surface area contributed by atoms with Crippen molar-refractivity contribution in [2.45, 2.75) is 0 Å². The maximum atomic E-state index is 11.1. The summed E-state index contributed by atoms with van der Waals surface area (Å²) in [4.78, 5) is 24.9. The summed E-state index contributed by atoms with van der Waals surface area (Å²) in [5, 5.41) is 0. The monoisotopic (exact) mass is 163 g/mol.